The largest absolute Gasteiger partial charge is 0.479 e. The van der Waals surface area contributed by atoms with Crippen molar-refractivity contribution in [1.29, 1.82) is 0 Å². The van der Waals surface area contributed by atoms with E-state index in [-0.39, 0.29) is 31.2 Å². The number of nitrogens with one attached hydrogen (secondary N) is 2. The number of carbonyl (C=O) groups is 4. The van der Waals surface area contributed by atoms with Crippen molar-refractivity contribution in [3.05, 3.63) is 53.9 Å². The normalized spacial score (nSPS) is 27.1. The maximum atomic E-state index is 14.3. The van der Waals surface area contributed by atoms with E-state index >= 15 is 0 Å². The number of thiophene rings is 1. The summed E-state index contributed by atoms with van der Waals surface area (Å²) in [6.45, 7) is 5.24. The third kappa shape index (κ3) is 7.30. The van der Waals surface area contributed by atoms with Crippen LogP contribution in [-0.4, -0.2) is 79.7 Å². The molecule has 1 saturated heterocycles. The Kier molecular flexibility index (Phi) is 9.41. The van der Waals surface area contributed by atoms with E-state index in [1.54, 1.807) is 20.8 Å². The topological polar surface area (TPSA) is 160 Å². The summed E-state index contributed by atoms with van der Waals surface area (Å²) in [6, 6.07) is 9.27. The highest BCUT2D eigenvalue weighted by Crippen LogP contribution is 2.45. The summed E-state index contributed by atoms with van der Waals surface area (Å²) in [5.74, 6) is -2.23. The quantitative estimate of drug-likeness (QED) is 0.314. The van der Waals surface area contributed by atoms with Gasteiger partial charge in [0.1, 0.15) is 35.0 Å². The molecule has 2 aliphatic heterocycles. The van der Waals surface area contributed by atoms with Gasteiger partial charge in [-0.3, -0.25) is 9.59 Å². The third-order valence-electron chi connectivity index (χ3n) is 8.88. The second kappa shape index (κ2) is 13.5. The summed E-state index contributed by atoms with van der Waals surface area (Å²) in [5.41, 5.74) is -0.337. The number of fused-ring (bicyclic) bond motifs is 3. The molecule has 0 spiro atoms. The van der Waals surface area contributed by atoms with Gasteiger partial charge in [0.05, 0.1) is 22.5 Å². The van der Waals surface area contributed by atoms with Crippen LogP contribution in [0.1, 0.15) is 65.7 Å². The molecule has 12 nitrogen and oxygen atoms in total. The number of allylic oxidation sites excluding steroid dienone is 1. The summed E-state index contributed by atoms with van der Waals surface area (Å²) in [7, 11) is 0. The minimum atomic E-state index is -1.44. The van der Waals surface area contributed by atoms with Crippen LogP contribution in [-0.2, 0) is 19.1 Å². The molecule has 13 heteroatoms. The number of hydrogen-bond donors (Lipinski definition) is 3. The van der Waals surface area contributed by atoms with Crippen LogP contribution >= 0.6 is 11.3 Å². The zero-order valence-electron chi connectivity index (χ0n) is 27.3. The molecule has 254 valence electrons. The zero-order chi connectivity index (χ0) is 34.1. The zero-order valence-corrected chi connectivity index (χ0v) is 28.1. The Morgan fingerprint density at radius 2 is 1.85 bits per heavy atom. The van der Waals surface area contributed by atoms with Gasteiger partial charge in [0.25, 0.3) is 0 Å². The van der Waals surface area contributed by atoms with E-state index in [0.29, 0.717) is 29.6 Å². The lowest BCUT2D eigenvalue weighted by Gasteiger charge is -2.30. The first-order chi connectivity index (χ1) is 22.9. The molecule has 1 aliphatic carbocycles. The van der Waals surface area contributed by atoms with Gasteiger partial charge in [0.2, 0.25) is 17.7 Å². The number of nitrogens with zero attached hydrogens (tertiary/aromatic N) is 3. The number of carboxylic acids is 1. The lowest BCUT2D eigenvalue weighted by atomic mass is 10.0. The molecule has 3 aromatic rings. The molecule has 5 atom stereocenters. The van der Waals surface area contributed by atoms with Crippen molar-refractivity contribution < 1.29 is 33.8 Å². The van der Waals surface area contributed by atoms with Crippen molar-refractivity contribution in [2.24, 2.45) is 5.92 Å². The Morgan fingerprint density at radius 3 is 2.56 bits per heavy atom. The van der Waals surface area contributed by atoms with E-state index in [1.165, 1.54) is 16.2 Å². The van der Waals surface area contributed by atoms with E-state index in [0.717, 1.165) is 24.1 Å². The predicted molar refractivity (Wildman–Crippen MR) is 179 cm³/mol. The summed E-state index contributed by atoms with van der Waals surface area (Å²) < 4.78 is 12.0. The number of aliphatic carboxylic acids is 1. The second-order valence-corrected chi connectivity index (χ2v) is 14.6. The minimum absolute atomic E-state index is 0.0191. The Bertz CT molecular complexity index is 1720. The molecule has 1 aromatic carbocycles. The maximum absolute atomic E-state index is 14.3. The van der Waals surface area contributed by atoms with Crippen LogP contribution in [0.15, 0.2) is 53.9 Å². The van der Waals surface area contributed by atoms with Gasteiger partial charge < -0.3 is 30.1 Å². The van der Waals surface area contributed by atoms with E-state index < -0.39 is 53.2 Å². The first-order valence-electron chi connectivity index (χ1n) is 16.4. The van der Waals surface area contributed by atoms with Gasteiger partial charge in [-0.15, -0.1) is 11.3 Å². The van der Waals surface area contributed by atoms with Crippen LogP contribution in [0.25, 0.3) is 21.6 Å². The number of hydrogen-bond acceptors (Lipinski definition) is 9. The van der Waals surface area contributed by atoms with Crippen LogP contribution < -0.4 is 15.4 Å². The average Bonchev–Trinajstić information content (AvgIpc) is 3.34. The molecule has 0 bridgehead atoms. The summed E-state index contributed by atoms with van der Waals surface area (Å²) in [5, 5.41) is 17.6. The highest BCUT2D eigenvalue weighted by atomic mass is 32.1. The Hall–Kier alpha value is -4.52. The smallest absolute Gasteiger partial charge is 0.408 e. The number of amides is 3. The number of carboxylic acid groups (broad SMARTS) is 1. The predicted octanol–water partition coefficient (Wildman–Crippen LogP) is 5.08. The van der Waals surface area contributed by atoms with Crippen molar-refractivity contribution >= 4 is 46.2 Å². The molecule has 3 amide bonds. The molecule has 2 fully saturated rings. The molecule has 6 rings (SSSR count). The molecule has 3 aliphatic rings. The van der Waals surface area contributed by atoms with Crippen LogP contribution in [0.3, 0.4) is 0 Å². The molecule has 1 saturated carbocycles. The number of rotatable bonds is 5. The second-order valence-electron chi connectivity index (χ2n) is 13.7. The van der Waals surface area contributed by atoms with Gasteiger partial charge in [-0.1, -0.05) is 43.2 Å². The Balaban J connectivity index is 1.32. The fourth-order valence-electron chi connectivity index (χ4n) is 6.39. The average molecular weight is 676 g/mol. The third-order valence-corrected chi connectivity index (χ3v) is 9.76. The van der Waals surface area contributed by atoms with Crippen molar-refractivity contribution in [2.45, 2.75) is 95.0 Å². The standard InChI is InChI=1S/C35H41N5O7S/c1-34(2,3)47-33(45)38-25-15-8-6-4-5-7-12-21-19-35(21,32(43)44)39-29(41)26-18-22(20-40(26)31(25)42)46-30-28(27-16-11-17-48-27)36-23-13-9-10-14-24(23)37-30/h7,9-14,16-17,21-22,25-26H,4-6,8,15,18-20H2,1-3H3,(H,38,45)(H,39,41)(H,43,44)/b12-7-/t21-,22-,25+,26+,35+/m1/s1. The first-order valence-corrected chi connectivity index (χ1v) is 17.3. The van der Waals surface area contributed by atoms with Crippen LogP contribution in [0.5, 0.6) is 5.88 Å². The van der Waals surface area contributed by atoms with Crippen LogP contribution in [0.2, 0.25) is 0 Å². The molecule has 4 heterocycles. The van der Waals surface area contributed by atoms with E-state index in [2.05, 4.69) is 10.6 Å². The Labute approximate surface area is 282 Å². The molecule has 0 radical (unpaired) electrons. The van der Waals surface area contributed by atoms with Crippen LogP contribution in [0, 0.1) is 5.92 Å². The highest BCUT2D eigenvalue weighted by Gasteiger charge is 2.61. The number of ether oxygens (including phenoxy) is 2. The summed E-state index contributed by atoms with van der Waals surface area (Å²) >= 11 is 1.49. The summed E-state index contributed by atoms with van der Waals surface area (Å²) in [6.07, 6.45) is 6.18. The minimum Gasteiger partial charge on any atom is -0.479 e. The molecule has 2 aromatic heterocycles. The molecule has 48 heavy (non-hydrogen) atoms. The van der Waals surface area contributed by atoms with Gasteiger partial charge in [0.15, 0.2) is 0 Å². The van der Waals surface area contributed by atoms with Gasteiger partial charge in [0, 0.05) is 12.3 Å². The highest BCUT2D eigenvalue weighted by molar-refractivity contribution is 7.13. The Morgan fingerprint density at radius 1 is 1.08 bits per heavy atom. The molecular weight excluding hydrogens is 634 g/mol. The van der Waals surface area contributed by atoms with E-state index in [1.807, 2.05) is 53.9 Å². The molecular formula is C35H41N5O7S. The van der Waals surface area contributed by atoms with Crippen LogP contribution in [0.4, 0.5) is 4.79 Å². The number of aromatic nitrogens is 2. The van der Waals surface area contributed by atoms with Gasteiger partial charge in [-0.25, -0.2) is 19.6 Å². The number of carbonyl (C=O) groups excluding carboxylic acids is 3. The van der Waals surface area contributed by atoms with Gasteiger partial charge >= 0.3 is 12.1 Å². The number of alkyl carbamates (subject to hydrolysis) is 1. The number of benzene rings is 1. The maximum Gasteiger partial charge on any atom is 0.408 e. The SMILES string of the molecule is CC(C)(C)OC(=O)N[C@H]1CCCCC/C=C\[C@@H]2C[C@]2(C(=O)O)NC(=O)[C@@H]2C[C@@H](Oc3nc4ccccc4nc3-c3cccs3)CN2C1=O. The lowest BCUT2D eigenvalue weighted by Crippen LogP contribution is -2.56. The van der Waals surface area contributed by atoms with E-state index in [4.69, 9.17) is 19.4 Å². The first kappa shape index (κ1) is 33.4. The molecule has 3 N–H and O–H groups in total. The van der Waals surface area contributed by atoms with Gasteiger partial charge in [-0.2, -0.15) is 0 Å². The fraction of sp³-hybridized carbons (Fsp3) is 0.486. The lowest BCUT2D eigenvalue weighted by molar-refractivity contribution is -0.145. The van der Waals surface area contributed by atoms with Gasteiger partial charge in [-0.05, 0) is 70.0 Å². The fourth-order valence-corrected chi connectivity index (χ4v) is 7.10. The van der Waals surface area contributed by atoms with E-state index in [9.17, 15) is 24.3 Å². The summed E-state index contributed by atoms with van der Waals surface area (Å²) in [4.78, 5) is 65.5. The van der Waals surface area contributed by atoms with Crippen molar-refractivity contribution in [1.82, 2.24) is 25.5 Å². The number of para-hydroxylation sites is 2. The van der Waals surface area contributed by atoms with Crippen molar-refractivity contribution in [2.75, 3.05) is 6.54 Å². The monoisotopic (exact) mass is 675 g/mol. The van der Waals surface area contributed by atoms with Crippen molar-refractivity contribution in [3.63, 3.8) is 0 Å². The molecule has 0 unspecified atom stereocenters. The van der Waals surface area contributed by atoms with Crippen molar-refractivity contribution in [3.8, 4) is 16.5 Å².